The van der Waals surface area contributed by atoms with Crippen LogP contribution in [0.1, 0.15) is 24.2 Å². The Hall–Kier alpha value is -1.94. The largest absolute Gasteiger partial charge is 0.453 e. The number of carbonyl (C=O) groups is 1. The van der Waals surface area contributed by atoms with Crippen LogP contribution in [0.25, 0.3) is 0 Å². The Morgan fingerprint density at radius 2 is 1.41 bits per heavy atom. The van der Waals surface area contributed by atoms with Crippen LogP contribution in [0.15, 0.2) is 48.5 Å². The first-order chi connectivity index (χ1) is 10.3. The molecule has 0 aliphatic rings. The molecule has 0 heterocycles. The molecule has 0 bridgehead atoms. The zero-order valence-corrected chi connectivity index (χ0v) is 14.4. The summed E-state index contributed by atoms with van der Waals surface area (Å²) in [5.74, 6) is -0.664. The number of esters is 1. The van der Waals surface area contributed by atoms with Crippen LogP contribution in [0, 0.1) is 5.82 Å². The van der Waals surface area contributed by atoms with Gasteiger partial charge in [0, 0.05) is 6.92 Å². The van der Waals surface area contributed by atoms with E-state index in [4.69, 9.17) is 4.74 Å². The molecule has 2 aromatic carbocycles. The molecule has 0 amide bonds. The van der Waals surface area contributed by atoms with Crippen LogP contribution in [-0.4, -0.2) is 14.0 Å². The van der Waals surface area contributed by atoms with Crippen molar-refractivity contribution in [2.24, 2.45) is 0 Å². The molecule has 0 aliphatic carbocycles. The molecule has 0 saturated heterocycles. The highest BCUT2D eigenvalue weighted by atomic mass is 28.3. The Morgan fingerprint density at radius 1 is 0.955 bits per heavy atom. The van der Waals surface area contributed by atoms with E-state index in [2.05, 4.69) is 31.8 Å². The molecule has 0 spiro atoms. The number of halogens is 1. The number of ether oxygens (including phenoxy) is 1. The highest BCUT2D eigenvalue weighted by Crippen LogP contribution is 2.26. The highest BCUT2D eigenvalue weighted by Gasteiger charge is 2.20. The fourth-order valence-electron chi connectivity index (χ4n) is 2.29. The number of hydrogen-bond donors (Lipinski definition) is 0. The summed E-state index contributed by atoms with van der Waals surface area (Å²) < 4.78 is 18.5. The van der Waals surface area contributed by atoms with E-state index in [1.165, 1.54) is 24.2 Å². The Bertz CT molecular complexity index is 642. The van der Waals surface area contributed by atoms with Crippen molar-refractivity contribution in [3.05, 3.63) is 65.5 Å². The Kier molecular flexibility index (Phi) is 4.81. The van der Waals surface area contributed by atoms with E-state index in [1.807, 2.05) is 12.1 Å². The van der Waals surface area contributed by atoms with E-state index < -0.39 is 14.2 Å². The molecule has 0 unspecified atom stereocenters. The molecule has 2 rings (SSSR count). The van der Waals surface area contributed by atoms with Gasteiger partial charge in [0.1, 0.15) is 5.82 Å². The SMILES string of the molecule is CC(=O)O[C@H](c1ccc(F)cc1)c1ccc([Si](C)(C)C)cc1. The number of carbonyl (C=O) groups excluding carboxylic acids is 1. The fourth-order valence-corrected chi connectivity index (χ4v) is 3.46. The summed E-state index contributed by atoms with van der Waals surface area (Å²) in [5, 5.41) is 1.34. The lowest BCUT2D eigenvalue weighted by molar-refractivity contribution is -0.144. The second kappa shape index (κ2) is 6.44. The maximum atomic E-state index is 13.1. The standard InChI is InChI=1S/C18H21FO2Si/c1-13(20)21-18(14-5-9-16(19)10-6-14)15-7-11-17(12-8-15)22(2,3)4/h5-12,18H,1-4H3/t18-/m1/s1. The summed E-state index contributed by atoms with van der Waals surface area (Å²) in [7, 11) is -1.37. The van der Waals surface area contributed by atoms with Crippen LogP contribution in [0.5, 0.6) is 0 Å². The third-order valence-corrected chi connectivity index (χ3v) is 5.60. The molecule has 4 heteroatoms. The minimum atomic E-state index is -1.37. The summed E-state index contributed by atoms with van der Waals surface area (Å²) >= 11 is 0. The molecule has 2 nitrogen and oxygen atoms in total. The van der Waals surface area contributed by atoms with Crippen LogP contribution in [-0.2, 0) is 9.53 Å². The summed E-state index contributed by atoms with van der Waals surface area (Å²) in [6, 6.07) is 14.2. The molecule has 116 valence electrons. The smallest absolute Gasteiger partial charge is 0.303 e. The first kappa shape index (κ1) is 16.4. The summed E-state index contributed by atoms with van der Waals surface area (Å²) in [6.07, 6.45) is -0.506. The zero-order chi connectivity index (χ0) is 16.3. The van der Waals surface area contributed by atoms with Gasteiger partial charge < -0.3 is 4.74 Å². The van der Waals surface area contributed by atoms with Crippen LogP contribution < -0.4 is 5.19 Å². The van der Waals surface area contributed by atoms with E-state index in [1.54, 1.807) is 12.1 Å². The van der Waals surface area contributed by atoms with Gasteiger partial charge in [0.25, 0.3) is 0 Å². The molecule has 1 atom stereocenters. The van der Waals surface area contributed by atoms with E-state index in [9.17, 15) is 9.18 Å². The van der Waals surface area contributed by atoms with Gasteiger partial charge in [-0.1, -0.05) is 61.2 Å². The summed E-state index contributed by atoms with van der Waals surface area (Å²) in [4.78, 5) is 11.4. The monoisotopic (exact) mass is 316 g/mol. The molecule has 0 aliphatic heterocycles. The van der Waals surface area contributed by atoms with E-state index in [0.717, 1.165) is 11.1 Å². The third kappa shape index (κ3) is 4.04. The van der Waals surface area contributed by atoms with Crippen molar-refractivity contribution in [1.29, 1.82) is 0 Å². The van der Waals surface area contributed by atoms with Gasteiger partial charge in [-0.2, -0.15) is 0 Å². The van der Waals surface area contributed by atoms with Gasteiger partial charge in [-0.3, -0.25) is 4.79 Å². The van der Waals surface area contributed by atoms with Crippen molar-refractivity contribution >= 4 is 19.2 Å². The molecule has 22 heavy (non-hydrogen) atoms. The lowest BCUT2D eigenvalue weighted by atomic mass is 10.0. The van der Waals surface area contributed by atoms with Gasteiger partial charge in [0.2, 0.25) is 0 Å². The van der Waals surface area contributed by atoms with Gasteiger partial charge in [0.05, 0.1) is 8.07 Å². The van der Waals surface area contributed by atoms with E-state index >= 15 is 0 Å². The van der Waals surface area contributed by atoms with E-state index in [0.29, 0.717) is 0 Å². The number of rotatable bonds is 4. The maximum absolute atomic E-state index is 13.1. The first-order valence-electron chi connectivity index (χ1n) is 7.30. The lowest BCUT2D eigenvalue weighted by Gasteiger charge is -2.21. The molecular formula is C18H21FO2Si. The second-order valence-corrected chi connectivity index (χ2v) is 11.5. The van der Waals surface area contributed by atoms with Crippen molar-refractivity contribution in [2.75, 3.05) is 0 Å². The average molecular weight is 316 g/mol. The Labute approximate surface area is 131 Å². The number of hydrogen-bond acceptors (Lipinski definition) is 2. The predicted molar refractivity (Wildman–Crippen MR) is 89.4 cm³/mol. The summed E-state index contributed by atoms with van der Waals surface area (Å²) in [5.41, 5.74) is 1.65. The Balaban J connectivity index is 2.37. The van der Waals surface area contributed by atoms with Gasteiger partial charge in [-0.25, -0.2) is 4.39 Å². The molecule has 0 radical (unpaired) electrons. The van der Waals surface area contributed by atoms with Crippen molar-refractivity contribution in [3.8, 4) is 0 Å². The van der Waals surface area contributed by atoms with Gasteiger partial charge in [-0.05, 0) is 23.3 Å². The van der Waals surface area contributed by atoms with Gasteiger partial charge in [-0.15, -0.1) is 0 Å². The van der Waals surface area contributed by atoms with Crippen LogP contribution in [0.4, 0.5) is 4.39 Å². The Morgan fingerprint density at radius 3 is 1.82 bits per heavy atom. The normalized spacial score (nSPS) is 12.8. The quantitative estimate of drug-likeness (QED) is 0.629. The van der Waals surface area contributed by atoms with Gasteiger partial charge >= 0.3 is 5.97 Å². The highest BCUT2D eigenvalue weighted by molar-refractivity contribution is 6.88. The van der Waals surface area contributed by atoms with Crippen LogP contribution in [0.3, 0.4) is 0 Å². The minimum Gasteiger partial charge on any atom is -0.453 e. The zero-order valence-electron chi connectivity index (χ0n) is 13.4. The summed E-state index contributed by atoms with van der Waals surface area (Å²) in [6.45, 7) is 8.23. The predicted octanol–water partition coefficient (Wildman–Crippen LogP) is 4.02. The molecule has 0 N–H and O–H groups in total. The fraction of sp³-hybridized carbons (Fsp3) is 0.278. The van der Waals surface area contributed by atoms with Crippen LogP contribution in [0.2, 0.25) is 19.6 Å². The molecule has 0 aromatic heterocycles. The molecule has 0 saturated carbocycles. The van der Waals surface area contributed by atoms with Crippen molar-refractivity contribution in [1.82, 2.24) is 0 Å². The van der Waals surface area contributed by atoms with Crippen molar-refractivity contribution < 1.29 is 13.9 Å². The molecule has 2 aromatic rings. The molecule has 0 fully saturated rings. The first-order valence-corrected chi connectivity index (χ1v) is 10.8. The minimum absolute atomic E-state index is 0.306. The third-order valence-electron chi connectivity index (χ3n) is 3.54. The number of benzene rings is 2. The second-order valence-electron chi connectivity index (χ2n) is 6.41. The van der Waals surface area contributed by atoms with Gasteiger partial charge in [0.15, 0.2) is 6.10 Å². The van der Waals surface area contributed by atoms with Crippen molar-refractivity contribution in [3.63, 3.8) is 0 Å². The average Bonchev–Trinajstić information content (AvgIpc) is 2.45. The lowest BCUT2D eigenvalue weighted by Crippen LogP contribution is -2.37. The van der Waals surface area contributed by atoms with Crippen molar-refractivity contribution in [2.45, 2.75) is 32.7 Å². The van der Waals surface area contributed by atoms with E-state index in [-0.39, 0.29) is 11.8 Å². The van der Waals surface area contributed by atoms with Crippen LogP contribution >= 0.6 is 0 Å². The topological polar surface area (TPSA) is 26.3 Å². The maximum Gasteiger partial charge on any atom is 0.303 e. The molecular weight excluding hydrogens is 295 g/mol.